The summed E-state index contributed by atoms with van der Waals surface area (Å²) in [4.78, 5) is 12.3. The molecule has 2 rings (SSSR count). The van der Waals surface area contributed by atoms with Gasteiger partial charge in [-0.1, -0.05) is 0 Å². The highest BCUT2D eigenvalue weighted by molar-refractivity contribution is 6.09. The third kappa shape index (κ3) is 4.17. The number of hydrogen-bond donors (Lipinski definition) is 1. The van der Waals surface area contributed by atoms with E-state index in [1.807, 2.05) is 26.0 Å². The quantitative estimate of drug-likeness (QED) is 0.646. The van der Waals surface area contributed by atoms with Crippen LogP contribution in [0.15, 0.2) is 23.9 Å². The number of carbonyl (C=O) groups excluding carboxylic acids is 1. The molecule has 0 unspecified atom stereocenters. The van der Waals surface area contributed by atoms with Crippen LogP contribution in [0.2, 0.25) is 0 Å². The Hall–Kier alpha value is -2.85. The Morgan fingerprint density at radius 1 is 1.52 bits per heavy atom. The summed E-state index contributed by atoms with van der Waals surface area (Å²) < 4.78 is 8.94. The van der Waals surface area contributed by atoms with Gasteiger partial charge in [-0.25, -0.2) is 0 Å². The fraction of sp³-hybridized carbons (Fsp3) is 0.389. The first-order chi connectivity index (χ1) is 11.9. The molecule has 0 spiro atoms. The van der Waals surface area contributed by atoms with Crippen LogP contribution in [0.4, 0.5) is 5.82 Å². The molecule has 0 aromatic carbocycles. The first-order valence-electron chi connectivity index (χ1n) is 7.97. The maximum Gasteiger partial charge on any atom is 0.267 e. The van der Waals surface area contributed by atoms with E-state index >= 15 is 0 Å². The zero-order valence-corrected chi connectivity index (χ0v) is 15.2. The Balaban J connectivity index is 2.29. The Morgan fingerprint density at radius 2 is 2.24 bits per heavy atom. The molecule has 0 bridgehead atoms. The summed E-state index contributed by atoms with van der Waals surface area (Å²) in [7, 11) is 3.42. The first-order valence-corrected chi connectivity index (χ1v) is 7.97. The highest BCUT2D eigenvalue weighted by Crippen LogP contribution is 2.23. The molecule has 0 fully saturated rings. The summed E-state index contributed by atoms with van der Waals surface area (Å²) in [5, 5.41) is 16.1. The summed E-state index contributed by atoms with van der Waals surface area (Å²) >= 11 is 0. The summed E-state index contributed by atoms with van der Waals surface area (Å²) in [6.45, 7) is 6.62. The molecule has 2 aromatic heterocycles. The minimum atomic E-state index is -0.476. The minimum Gasteiger partial charge on any atom is -0.383 e. The van der Waals surface area contributed by atoms with Gasteiger partial charge in [-0.2, -0.15) is 10.4 Å². The van der Waals surface area contributed by atoms with Crippen LogP contribution < -0.4 is 5.32 Å². The molecule has 0 aliphatic heterocycles. The van der Waals surface area contributed by atoms with Gasteiger partial charge < -0.3 is 14.6 Å². The molecule has 0 saturated heterocycles. The van der Waals surface area contributed by atoms with Gasteiger partial charge in [0.2, 0.25) is 0 Å². The van der Waals surface area contributed by atoms with Crippen molar-refractivity contribution >= 4 is 17.8 Å². The Morgan fingerprint density at radius 3 is 2.80 bits per heavy atom. The van der Waals surface area contributed by atoms with Gasteiger partial charge in [0.25, 0.3) is 5.91 Å². The van der Waals surface area contributed by atoms with Gasteiger partial charge in [-0.05, 0) is 38.5 Å². The first kappa shape index (κ1) is 18.5. The van der Waals surface area contributed by atoms with Crippen LogP contribution >= 0.6 is 0 Å². The van der Waals surface area contributed by atoms with Gasteiger partial charge in [0.05, 0.1) is 12.6 Å². The van der Waals surface area contributed by atoms with E-state index in [0.717, 1.165) is 17.0 Å². The number of aromatic nitrogens is 3. The summed E-state index contributed by atoms with van der Waals surface area (Å²) in [5.41, 5.74) is 2.91. The molecule has 2 aromatic rings. The highest BCUT2D eigenvalue weighted by atomic mass is 16.5. The second-order valence-corrected chi connectivity index (χ2v) is 6.00. The number of ether oxygens (including phenoxy) is 1. The molecule has 25 heavy (non-hydrogen) atoms. The van der Waals surface area contributed by atoms with Crippen molar-refractivity contribution in [3.05, 3.63) is 40.9 Å². The van der Waals surface area contributed by atoms with E-state index in [-0.39, 0.29) is 11.6 Å². The summed E-state index contributed by atoms with van der Waals surface area (Å²) in [6.07, 6.45) is 3.33. The molecule has 0 radical (unpaired) electrons. The van der Waals surface area contributed by atoms with Gasteiger partial charge >= 0.3 is 0 Å². The van der Waals surface area contributed by atoms with Crippen molar-refractivity contribution in [3.63, 3.8) is 0 Å². The van der Waals surface area contributed by atoms with Crippen molar-refractivity contribution in [2.24, 2.45) is 7.05 Å². The highest BCUT2D eigenvalue weighted by Gasteiger charge is 2.16. The number of carbonyl (C=O) groups is 1. The lowest BCUT2D eigenvalue weighted by atomic mass is 10.1. The van der Waals surface area contributed by atoms with E-state index in [2.05, 4.69) is 21.9 Å². The second kappa shape index (κ2) is 7.81. The third-order valence-corrected chi connectivity index (χ3v) is 3.99. The predicted octanol–water partition coefficient (Wildman–Crippen LogP) is 2.59. The zero-order chi connectivity index (χ0) is 18.6. The number of amides is 1. The van der Waals surface area contributed by atoms with Crippen LogP contribution in [0.5, 0.6) is 0 Å². The monoisotopic (exact) mass is 341 g/mol. The number of nitriles is 1. The van der Waals surface area contributed by atoms with Crippen LogP contribution in [-0.4, -0.2) is 34.0 Å². The van der Waals surface area contributed by atoms with Crippen LogP contribution in [0.3, 0.4) is 0 Å². The van der Waals surface area contributed by atoms with E-state index < -0.39 is 5.91 Å². The molecule has 0 aliphatic rings. The van der Waals surface area contributed by atoms with Gasteiger partial charge in [0.15, 0.2) is 5.82 Å². The molecule has 0 aliphatic carbocycles. The minimum absolute atomic E-state index is 0.0327. The molecule has 1 N–H and O–H groups in total. The van der Waals surface area contributed by atoms with Crippen LogP contribution in [0.1, 0.15) is 29.9 Å². The van der Waals surface area contributed by atoms with Crippen LogP contribution in [-0.2, 0) is 16.6 Å². The third-order valence-electron chi connectivity index (χ3n) is 3.99. The lowest BCUT2D eigenvalue weighted by molar-refractivity contribution is -0.112. The Labute approximate surface area is 147 Å². The molecule has 132 valence electrons. The van der Waals surface area contributed by atoms with Crippen LogP contribution in [0.25, 0.3) is 6.08 Å². The van der Waals surface area contributed by atoms with Gasteiger partial charge in [-0.3, -0.25) is 9.48 Å². The van der Waals surface area contributed by atoms with Crippen molar-refractivity contribution in [1.29, 1.82) is 5.26 Å². The maximum absolute atomic E-state index is 12.3. The van der Waals surface area contributed by atoms with Gasteiger partial charge in [0.1, 0.15) is 11.6 Å². The standard InChI is InChI=1S/C18H23N5O2/c1-12-8-15(14(3)23(12)13(2)11-25-5)9-16(10-19)18(24)20-17-6-7-22(4)21-17/h6-9,13H,11H2,1-5H3,(H,20,21,24)/b16-9+/t13-/m1/s1. The smallest absolute Gasteiger partial charge is 0.267 e. The van der Waals surface area contributed by atoms with Gasteiger partial charge in [-0.15, -0.1) is 0 Å². The molecule has 1 amide bonds. The number of nitrogens with zero attached hydrogens (tertiary/aromatic N) is 4. The van der Waals surface area contributed by atoms with Gasteiger partial charge in [0, 0.05) is 37.8 Å². The topological polar surface area (TPSA) is 84.9 Å². The van der Waals surface area contributed by atoms with E-state index in [1.165, 1.54) is 0 Å². The molecule has 7 heteroatoms. The van der Waals surface area contributed by atoms with Crippen molar-refractivity contribution in [2.45, 2.75) is 26.8 Å². The van der Waals surface area contributed by atoms with Crippen LogP contribution in [0, 0.1) is 25.2 Å². The molecule has 2 heterocycles. The van der Waals surface area contributed by atoms with E-state index in [9.17, 15) is 10.1 Å². The fourth-order valence-electron chi connectivity index (χ4n) is 2.91. The molecule has 7 nitrogen and oxygen atoms in total. The number of hydrogen-bond acceptors (Lipinski definition) is 4. The number of anilines is 1. The lowest BCUT2D eigenvalue weighted by Gasteiger charge is -2.17. The maximum atomic E-state index is 12.3. The lowest BCUT2D eigenvalue weighted by Crippen LogP contribution is -2.14. The van der Waals surface area contributed by atoms with Crippen molar-refractivity contribution in [1.82, 2.24) is 14.3 Å². The zero-order valence-electron chi connectivity index (χ0n) is 15.2. The summed E-state index contributed by atoms with van der Waals surface area (Å²) in [6, 6.07) is 5.77. The molecular formula is C18H23N5O2. The van der Waals surface area contributed by atoms with E-state index in [0.29, 0.717) is 12.4 Å². The summed E-state index contributed by atoms with van der Waals surface area (Å²) in [5.74, 6) is -0.0659. The van der Waals surface area contributed by atoms with E-state index in [4.69, 9.17) is 4.74 Å². The second-order valence-electron chi connectivity index (χ2n) is 6.00. The normalized spacial score (nSPS) is 12.7. The molecule has 0 saturated carbocycles. The Kier molecular flexibility index (Phi) is 5.78. The molecule has 1 atom stereocenters. The largest absolute Gasteiger partial charge is 0.383 e. The van der Waals surface area contributed by atoms with Crippen molar-refractivity contribution in [3.8, 4) is 6.07 Å². The molecular weight excluding hydrogens is 318 g/mol. The average molecular weight is 341 g/mol. The van der Waals surface area contributed by atoms with Crippen molar-refractivity contribution in [2.75, 3.05) is 19.0 Å². The number of aryl methyl sites for hydroxylation is 2. The SMILES string of the molecule is COC[C@@H](C)n1c(C)cc(/C=C(\C#N)C(=O)Nc2ccn(C)n2)c1C. The number of nitrogens with one attached hydrogen (secondary N) is 1. The average Bonchev–Trinajstić information content (AvgIpc) is 3.08. The number of rotatable bonds is 6. The Bertz CT molecular complexity index is 838. The fourth-order valence-corrected chi connectivity index (χ4v) is 2.91. The van der Waals surface area contributed by atoms with E-state index in [1.54, 1.807) is 37.2 Å². The number of methoxy groups -OCH3 is 1. The van der Waals surface area contributed by atoms with Crippen molar-refractivity contribution < 1.29 is 9.53 Å². The predicted molar refractivity (Wildman–Crippen MR) is 95.9 cm³/mol.